The Morgan fingerprint density at radius 2 is 1.87 bits per heavy atom. The number of unbranched alkanes of at least 4 members (excludes halogenated alkanes) is 5. The zero-order valence-electron chi connectivity index (χ0n) is 13.9. The van der Waals surface area contributed by atoms with Gasteiger partial charge in [0, 0.05) is 18.6 Å². The van der Waals surface area contributed by atoms with Gasteiger partial charge in [-0.3, -0.25) is 0 Å². The smallest absolute Gasteiger partial charge is 0.145 e. The van der Waals surface area contributed by atoms with Crippen LogP contribution in [0, 0.1) is 5.82 Å². The van der Waals surface area contributed by atoms with Gasteiger partial charge in [0.25, 0.3) is 0 Å². The lowest BCUT2D eigenvalue weighted by molar-refractivity contribution is 0.0634. The molecule has 1 aliphatic carbocycles. The van der Waals surface area contributed by atoms with Gasteiger partial charge < -0.3 is 4.74 Å². The molecule has 0 amide bonds. The summed E-state index contributed by atoms with van der Waals surface area (Å²) in [6.45, 7) is 2.99. The van der Waals surface area contributed by atoms with E-state index in [2.05, 4.69) is 22.9 Å². The standard InChI is InChI=1S/C20H26BrFO/c1-2-3-4-5-6-9-16-23-20(21)14-12-17(13-15-20)18-10-7-8-11-19(18)22/h7-8,10-14H,2-6,9,15-16H2,1H3. The fourth-order valence-corrected chi connectivity index (χ4v) is 3.18. The van der Waals surface area contributed by atoms with Gasteiger partial charge in [-0.2, -0.15) is 0 Å². The van der Waals surface area contributed by atoms with Crippen molar-refractivity contribution >= 4 is 21.5 Å². The van der Waals surface area contributed by atoms with E-state index in [-0.39, 0.29) is 5.82 Å². The van der Waals surface area contributed by atoms with Crippen molar-refractivity contribution in [3.8, 4) is 0 Å². The number of halogens is 2. The van der Waals surface area contributed by atoms with E-state index in [4.69, 9.17) is 4.74 Å². The second-order valence-corrected chi connectivity index (χ2v) is 7.42. The molecular formula is C20H26BrFO. The molecule has 1 aromatic rings. The first-order chi connectivity index (χ1) is 11.1. The molecule has 3 heteroatoms. The number of benzene rings is 1. The van der Waals surface area contributed by atoms with Gasteiger partial charge in [0.15, 0.2) is 0 Å². The number of alkyl halides is 1. The molecule has 0 aliphatic heterocycles. The molecule has 0 N–H and O–H groups in total. The predicted octanol–water partition coefficient (Wildman–Crippen LogP) is 6.64. The maximum absolute atomic E-state index is 13.8. The van der Waals surface area contributed by atoms with Gasteiger partial charge in [0.2, 0.25) is 0 Å². The van der Waals surface area contributed by atoms with Gasteiger partial charge in [-0.15, -0.1) is 0 Å². The Hall–Kier alpha value is -0.930. The van der Waals surface area contributed by atoms with Crippen LogP contribution in [0.1, 0.15) is 57.4 Å². The molecule has 23 heavy (non-hydrogen) atoms. The normalized spacial score (nSPS) is 20.6. The van der Waals surface area contributed by atoms with Crippen molar-refractivity contribution in [1.29, 1.82) is 0 Å². The summed E-state index contributed by atoms with van der Waals surface area (Å²) in [5.74, 6) is -0.182. The molecular weight excluding hydrogens is 355 g/mol. The van der Waals surface area contributed by atoms with Crippen molar-refractivity contribution in [1.82, 2.24) is 0 Å². The van der Waals surface area contributed by atoms with Crippen LogP contribution in [0.5, 0.6) is 0 Å². The first-order valence-corrected chi connectivity index (χ1v) is 9.41. The Bertz CT molecular complexity index is 552. The Morgan fingerprint density at radius 3 is 2.57 bits per heavy atom. The van der Waals surface area contributed by atoms with Gasteiger partial charge >= 0.3 is 0 Å². The van der Waals surface area contributed by atoms with Crippen LogP contribution >= 0.6 is 15.9 Å². The van der Waals surface area contributed by atoms with E-state index < -0.39 is 4.51 Å². The molecule has 1 aliphatic rings. The number of hydrogen-bond donors (Lipinski definition) is 0. The third-order valence-corrected chi connectivity index (χ3v) is 4.95. The lowest BCUT2D eigenvalue weighted by Crippen LogP contribution is -2.23. The third-order valence-electron chi connectivity index (χ3n) is 4.14. The van der Waals surface area contributed by atoms with Crippen LogP contribution in [0.3, 0.4) is 0 Å². The summed E-state index contributed by atoms with van der Waals surface area (Å²) in [6, 6.07) is 6.88. The first-order valence-electron chi connectivity index (χ1n) is 8.62. The molecule has 1 atom stereocenters. The molecule has 1 aromatic carbocycles. The largest absolute Gasteiger partial charge is 0.360 e. The van der Waals surface area contributed by atoms with Crippen molar-refractivity contribution < 1.29 is 9.13 Å². The number of allylic oxidation sites excluding steroid dienone is 2. The third kappa shape index (κ3) is 5.89. The Labute approximate surface area is 147 Å². The lowest BCUT2D eigenvalue weighted by atomic mass is 9.98. The minimum absolute atomic E-state index is 0.182. The van der Waals surface area contributed by atoms with Gasteiger partial charge in [0.05, 0.1) is 0 Å². The van der Waals surface area contributed by atoms with Crippen molar-refractivity contribution in [3.05, 3.63) is 53.9 Å². The highest BCUT2D eigenvalue weighted by Gasteiger charge is 2.26. The summed E-state index contributed by atoms with van der Waals surface area (Å²) in [5, 5.41) is 0. The van der Waals surface area contributed by atoms with E-state index in [1.165, 1.54) is 38.2 Å². The van der Waals surface area contributed by atoms with E-state index in [9.17, 15) is 4.39 Å². The van der Waals surface area contributed by atoms with Crippen LogP contribution in [0.2, 0.25) is 0 Å². The second-order valence-electron chi connectivity index (χ2n) is 6.08. The maximum Gasteiger partial charge on any atom is 0.145 e. The maximum atomic E-state index is 13.8. The molecule has 1 unspecified atom stereocenters. The molecule has 0 bridgehead atoms. The number of ether oxygens (including phenoxy) is 1. The van der Waals surface area contributed by atoms with E-state index in [0.29, 0.717) is 12.0 Å². The summed E-state index contributed by atoms with van der Waals surface area (Å²) in [6.07, 6.45) is 14.2. The molecule has 0 fully saturated rings. The van der Waals surface area contributed by atoms with Crippen LogP contribution in [-0.2, 0) is 4.74 Å². The highest BCUT2D eigenvalue weighted by Crippen LogP contribution is 2.34. The van der Waals surface area contributed by atoms with Gasteiger partial charge in [-0.25, -0.2) is 4.39 Å². The zero-order valence-corrected chi connectivity index (χ0v) is 15.4. The summed E-state index contributed by atoms with van der Waals surface area (Å²) in [7, 11) is 0. The molecule has 0 radical (unpaired) electrons. The highest BCUT2D eigenvalue weighted by molar-refractivity contribution is 9.10. The number of rotatable bonds is 9. The molecule has 126 valence electrons. The average Bonchev–Trinajstić information content (AvgIpc) is 2.56. The van der Waals surface area contributed by atoms with Gasteiger partial charge in [-0.1, -0.05) is 69.4 Å². The minimum Gasteiger partial charge on any atom is -0.360 e. The first kappa shape index (κ1) is 18.4. The van der Waals surface area contributed by atoms with Crippen molar-refractivity contribution in [3.63, 3.8) is 0 Å². The topological polar surface area (TPSA) is 9.23 Å². The average molecular weight is 381 g/mol. The fourth-order valence-electron chi connectivity index (χ4n) is 2.73. The van der Waals surface area contributed by atoms with Crippen LogP contribution in [-0.4, -0.2) is 11.1 Å². The van der Waals surface area contributed by atoms with Crippen LogP contribution in [0.15, 0.2) is 42.5 Å². The van der Waals surface area contributed by atoms with Crippen LogP contribution in [0.4, 0.5) is 4.39 Å². The van der Waals surface area contributed by atoms with Crippen molar-refractivity contribution in [2.24, 2.45) is 0 Å². The second kappa shape index (κ2) is 9.39. The summed E-state index contributed by atoms with van der Waals surface area (Å²) < 4.78 is 19.4. The van der Waals surface area contributed by atoms with Crippen LogP contribution < -0.4 is 0 Å². The quantitative estimate of drug-likeness (QED) is 0.344. The molecule has 0 heterocycles. The van der Waals surface area contributed by atoms with E-state index >= 15 is 0 Å². The van der Waals surface area contributed by atoms with Gasteiger partial charge in [0.1, 0.15) is 10.3 Å². The van der Waals surface area contributed by atoms with Crippen molar-refractivity contribution in [2.45, 2.75) is 56.4 Å². The fraction of sp³-hybridized carbons (Fsp3) is 0.500. The Morgan fingerprint density at radius 1 is 1.13 bits per heavy atom. The molecule has 0 saturated heterocycles. The van der Waals surface area contributed by atoms with E-state index in [0.717, 1.165) is 18.6 Å². The molecule has 2 rings (SSSR count). The zero-order chi connectivity index (χ0) is 16.5. The molecule has 1 nitrogen and oxygen atoms in total. The monoisotopic (exact) mass is 380 g/mol. The summed E-state index contributed by atoms with van der Waals surface area (Å²) in [5.41, 5.74) is 1.57. The molecule has 0 aromatic heterocycles. The summed E-state index contributed by atoms with van der Waals surface area (Å²) in [4.78, 5) is 0. The SMILES string of the molecule is CCCCCCCCOC1(Br)C=CC(c2ccccc2F)=CC1. The highest BCUT2D eigenvalue weighted by atomic mass is 79.9. The molecule has 0 saturated carbocycles. The van der Waals surface area contributed by atoms with E-state index in [1.54, 1.807) is 6.07 Å². The Kier molecular flexibility index (Phi) is 7.51. The minimum atomic E-state index is -0.439. The lowest BCUT2D eigenvalue weighted by Gasteiger charge is -2.26. The number of hydrogen-bond acceptors (Lipinski definition) is 1. The summed E-state index contributed by atoms with van der Waals surface area (Å²) >= 11 is 3.66. The predicted molar refractivity (Wildman–Crippen MR) is 99.1 cm³/mol. The molecule has 0 spiro atoms. The van der Waals surface area contributed by atoms with Crippen LogP contribution in [0.25, 0.3) is 5.57 Å². The van der Waals surface area contributed by atoms with Crippen molar-refractivity contribution in [2.75, 3.05) is 6.61 Å². The van der Waals surface area contributed by atoms with E-state index in [1.807, 2.05) is 30.4 Å². The Balaban J connectivity index is 1.76. The van der Waals surface area contributed by atoms with Gasteiger partial charge in [-0.05, 0) is 40.1 Å².